The summed E-state index contributed by atoms with van der Waals surface area (Å²) in [6, 6.07) is 4.49. The maximum atomic E-state index is 12.7. The van der Waals surface area contributed by atoms with Crippen LogP contribution in [0.3, 0.4) is 0 Å². The maximum Gasteiger partial charge on any atom is 0.244 e. The molecule has 6 nitrogen and oxygen atoms in total. The molecule has 128 valence electrons. The summed E-state index contributed by atoms with van der Waals surface area (Å²) in [5, 5.41) is 0.130. The van der Waals surface area contributed by atoms with Crippen molar-refractivity contribution in [3.63, 3.8) is 0 Å². The zero-order valence-corrected chi connectivity index (χ0v) is 15.0. The number of amides is 1. The molecule has 2 rings (SSSR count). The molecule has 1 saturated heterocycles. The molecule has 1 aromatic carbocycles. The van der Waals surface area contributed by atoms with Gasteiger partial charge in [-0.15, -0.1) is 0 Å². The second-order valence-electron chi connectivity index (χ2n) is 5.68. The standard InChI is InChI=1S/C15H21ClN2O4S/c1-11(2)15(19)17-6-8-18(9-7-17)23(20,21)14-5-4-12(22-3)10-13(14)16/h4-5,10-11H,6-9H2,1-3H3. The van der Waals surface area contributed by atoms with E-state index in [-0.39, 0.29) is 34.8 Å². The molecule has 0 unspecified atom stereocenters. The first-order valence-electron chi connectivity index (χ1n) is 7.40. The van der Waals surface area contributed by atoms with E-state index in [0.717, 1.165) is 0 Å². The number of rotatable bonds is 4. The van der Waals surface area contributed by atoms with Crippen molar-refractivity contribution in [3.8, 4) is 5.75 Å². The highest BCUT2D eigenvalue weighted by Gasteiger charge is 2.32. The van der Waals surface area contributed by atoms with Crippen molar-refractivity contribution in [3.05, 3.63) is 23.2 Å². The van der Waals surface area contributed by atoms with Crippen LogP contribution in [-0.2, 0) is 14.8 Å². The molecule has 1 aliphatic heterocycles. The van der Waals surface area contributed by atoms with E-state index in [4.69, 9.17) is 16.3 Å². The molecule has 0 atom stereocenters. The molecule has 0 aromatic heterocycles. The minimum atomic E-state index is -3.68. The van der Waals surface area contributed by atoms with Crippen LogP contribution in [0.15, 0.2) is 23.1 Å². The average molecular weight is 361 g/mol. The van der Waals surface area contributed by atoms with Crippen LogP contribution in [0.5, 0.6) is 5.75 Å². The molecule has 0 radical (unpaired) electrons. The lowest BCUT2D eigenvalue weighted by molar-refractivity contribution is -0.135. The average Bonchev–Trinajstić information content (AvgIpc) is 2.53. The minimum Gasteiger partial charge on any atom is -0.497 e. The summed E-state index contributed by atoms with van der Waals surface area (Å²) in [7, 11) is -2.19. The second kappa shape index (κ2) is 7.07. The van der Waals surface area contributed by atoms with Gasteiger partial charge in [-0.2, -0.15) is 4.31 Å². The van der Waals surface area contributed by atoms with Gasteiger partial charge in [0.15, 0.2) is 0 Å². The fraction of sp³-hybridized carbons (Fsp3) is 0.533. The number of halogens is 1. The smallest absolute Gasteiger partial charge is 0.244 e. The van der Waals surface area contributed by atoms with Gasteiger partial charge in [0.2, 0.25) is 15.9 Å². The molecule has 1 aromatic rings. The third kappa shape index (κ3) is 3.79. The van der Waals surface area contributed by atoms with Crippen molar-refractivity contribution in [2.24, 2.45) is 5.92 Å². The van der Waals surface area contributed by atoms with Crippen LogP contribution in [-0.4, -0.2) is 56.8 Å². The van der Waals surface area contributed by atoms with E-state index in [2.05, 4.69) is 0 Å². The number of piperazine rings is 1. The first-order chi connectivity index (χ1) is 10.8. The Kier molecular flexibility index (Phi) is 5.54. The molecular weight excluding hydrogens is 340 g/mol. The van der Waals surface area contributed by atoms with Crippen molar-refractivity contribution in [1.29, 1.82) is 0 Å². The third-order valence-electron chi connectivity index (χ3n) is 3.80. The number of nitrogens with zero attached hydrogens (tertiary/aromatic N) is 2. The quantitative estimate of drug-likeness (QED) is 0.821. The number of sulfonamides is 1. The van der Waals surface area contributed by atoms with Crippen LogP contribution < -0.4 is 4.74 Å². The number of hydrogen-bond donors (Lipinski definition) is 0. The van der Waals surface area contributed by atoms with Gasteiger partial charge in [0.25, 0.3) is 0 Å². The van der Waals surface area contributed by atoms with E-state index in [0.29, 0.717) is 18.8 Å². The number of benzene rings is 1. The fourth-order valence-corrected chi connectivity index (χ4v) is 4.40. The lowest BCUT2D eigenvalue weighted by Gasteiger charge is -2.35. The molecule has 1 fully saturated rings. The largest absolute Gasteiger partial charge is 0.497 e. The summed E-state index contributed by atoms with van der Waals surface area (Å²) >= 11 is 6.08. The normalized spacial score (nSPS) is 16.7. The lowest BCUT2D eigenvalue weighted by atomic mass is 10.2. The Balaban J connectivity index is 2.15. The van der Waals surface area contributed by atoms with Crippen molar-refractivity contribution in [2.45, 2.75) is 18.7 Å². The van der Waals surface area contributed by atoms with Gasteiger partial charge >= 0.3 is 0 Å². The molecule has 0 N–H and O–H groups in total. The Morgan fingerprint density at radius 2 is 1.83 bits per heavy atom. The van der Waals surface area contributed by atoms with E-state index in [9.17, 15) is 13.2 Å². The molecule has 1 aliphatic rings. The molecule has 8 heteroatoms. The third-order valence-corrected chi connectivity index (χ3v) is 6.18. The molecule has 1 amide bonds. The number of carbonyl (C=O) groups excluding carboxylic acids is 1. The fourth-order valence-electron chi connectivity index (χ4n) is 2.47. The monoisotopic (exact) mass is 360 g/mol. The van der Waals surface area contributed by atoms with Gasteiger partial charge < -0.3 is 9.64 Å². The van der Waals surface area contributed by atoms with Crippen molar-refractivity contribution in [1.82, 2.24) is 9.21 Å². The van der Waals surface area contributed by atoms with Crippen LogP contribution in [0.2, 0.25) is 5.02 Å². The SMILES string of the molecule is COc1ccc(S(=O)(=O)N2CCN(C(=O)C(C)C)CC2)c(Cl)c1. The van der Waals surface area contributed by atoms with Crippen LogP contribution >= 0.6 is 11.6 Å². The van der Waals surface area contributed by atoms with Gasteiger partial charge in [-0.1, -0.05) is 25.4 Å². The van der Waals surface area contributed by atoms with Crippen molar-refractivity contribution < 1.29 is 17.9 Å². The Bertz CT molecular complexity index is 683. The maximum absolute atomic E-state index is 12.7. The summed E-state index contributed by atoms with van der Waals surface area (Å²) in [4.78, 5) is 13.7. The Morgan fingerprint density at radius 1 is 1.22 bits per heavy atom. The Morgan fingerprint density at radius 3 is 2.30 bits per heavy atom. The number of ether oxygens (including phenoxy) is 1. The summed E-state index contributed by atoms with van der Waals surface area (Å²) < 4.78 is 31.8. The van der Waals surface area contributed by atoms with Gasteiger partial charge in [-0.05, 0) is 12.1 Å². The van der Waals surface area contributed by atoms with Gasteiger partial charge in [0.1, 0.15) is 10.6 Å². The van der Waals surface area contributed by atoms with E-state index < -0.39 is 10.0 Å². The number of methoxy groups -OCH3 is 1. The van der Waals surface area contributed by atoms with Crippen molar-refractivity contribution in [2.75, 3.05) is 33.3 Å². The van der Waals surface area contributed by atoms with Crippen LogP contribution in [0.1, 0.15) is 13.8 Å². The zero-order valence-electron chi connectivity index (χ0n) is 13.5. The highest BCUT2D eigenvalue weighted by Crippen LogP contribution is 2.29. The minimum absolute atomic E-state index is 0.0459. The first kappa shape index (κ1) is 18.0. The summed E-state index contributed by atoms with van der Waals surface area (Å²) in [6.07, 6.45) is 0. The number of hydrogen-bond acceptors (Lipinski definition) is 4. The predicted molar refractivity (Wildman–Crippen MR) is 88.2 cm³/mol. The number of carbonyl (C=O) groups is 1. The Labute approximate surface area is 142 Å². The lowest BCUT2D eigenvalue weighted by Crippen LogP contribution is -2.51. The van der Waals surface area contributed by atoms with Gasteiger partial charge in [0.05, 0.1) is 12.1 Å². The molecule has 0 spiro atoms. The molecular formula is C15H21ClN2O4S. The summed E-state index contributed by atoms with van der Waals surface area (Å²) in [5.74, 6) is 0.458. The zero-order chi connectivity index (χ0) is 17.2. The van der Waals surface area contributed by atoms with E-state index >= 15 is 0 Å². The summed E-state index contributed by atoms with van der Waals surface area (Å²) in [6.45, 7) is 4.99. The molecule has 0 bridgehead atoms. The predicted octanol–water partition coefficient (Wildman–Crippen LogP) is 1.84. The highest BCUT2D eigenvalue weighted by atomic mass is 35.5. The Hall–Kier alpha value is -1.31. The highest BCUT2D eigenvalue weighted by molar-refractivity contribution is 7.89. The second-order valence-corrected chi connectivity index (χ2v) is 7.99. The van der Waals surface area contributed by atoms with E-state index in [1.54, 1.807) is 11.0 Å². The topological polar surface area (TPSA) is 66.9 Å². The van der Waals surface area contributed by atoms with Gasteiger partial charge in [-0.25, -0.2) is 8.42 Å². The molecule has 1 heterocycles. The van der Waals surface area contributed by atoms with Gasteiger partial charge in [0, 0.05) is 38.2 Å². The van der Waals surface area contributed by atoms with Gasteiger partial charge in [-0.3, -0.25) is 4.79 Å². The molecule has 0 aliphatic carbocycles. The van der Waals surface area contributed by atoms with Crippen LogP contribution in [0.4, 0.5) is 0 Å². The molecule has 23 heavy (non-hydrogen) atoms. The van der Waals surface area contributed by atoms with E-state index in [1.807, 2.05) is 13.8 Å². The first-order valence-corrected chi connectivity index (χ1v) is 9.21. The van der Waals surface area contributed by atoms with E-state index in [1.165, 1.54) is 23.5 Å². The van der Waals surface area contributed by atoms with Crippen LogP contribution in [0.25, 0.3) is 0 Å². The summed E-state index contributed by atoms with van der Waals surface area (Å²) in [5.41, 5.74) is 0. The van der Waals surface area contributed by atoms with Crippen molar-refractivity contribution >= 4 is 27.5 Å². The molecule has 0 saturated carbocycles. The van der Waals surface area contributed by atoms with Crippen LogP contribution in [0, 0.1) is 5.92 Å².